The van der Waals surface area contributed by atoms with Crippen LogP contribution in [0.2, 0.25) is 0 Å². The van der Waals surface area contributed by atoms with Crippen molar-refractivity contribution in [3.05, 3.63) is 34.7 Å². The lowest BCUT2D eigenvalue weighted by atomic mass is 10.1. The number of aryl methyl sites for hydroxylation is 1. The van der Waals surface area contributed by atoms with Gasteiger partial charge in [-0.25, -0.2) is 4.79 Å². The molecule has 0 spiro atoms. The number of nitrogens with zero attached hydrogens (tertiary/aromatic N) is 2. The third-order valence-corrected chi connectivity index (χ3v) is 4.51. The summed E-state index contributed by atoms with van der Waals surface area (Å²) in [4.78, 5) is 17.4. The quantitative estimate of drug-likeness (QED) is 0.874. The van der Waals surface area contributed by atoms with Crippen LogP contribution in [0, 0.1) is 0 Å². The largest absolute Gasteiger partial charge is 0.326 e. The van der Waals surface area contributed by atoms with E-state index in [1.807, 2.05) is 28.8 Å². The molecule has 2 heterocycles. The molecule has 5 heteroatoms. The second-order valence-corrected chi connectivity index (χ2v) is 5.91. The molecule has 0 aliphatic carbocycles. The van der Waals surface area contributed by atoms with Crippen molar-refractivity contribution in [3.63, 3.8) is 0 Å². The monoisotopic (exact) mass is 288 g/mol. The number of hydrogen-bond acceptors (Lipinski definition) is 3. The summed E-state index contributed by atoms with van der Waals surface area (Å²) in [5.74, 6) is 0. The van der Waals surface area contributed by atoms with E-state index in [9.17, 15) is 4.79 Å². The Bertz CT molecular complexity index is 639. The van der Waals surface area contributed by atoms with E-state index >= 15 is 0 Å². The molecule has 0 atom stereocenters. The van der Waals surface area contributed by atoms with Gasteiger partial charge in [0.2, 0.25) is 0 Å². The molecule has 114 valence electrons. The number of rotatable bonds is 5. The average molecular weight is 288 g/mol. The Morgan fingerprint density at radius 2 is 2.05 bits per heavy atom. The van der Waals surface area contributed by atoms with Gasteiger partial charge in [-0.3, -0.25) is 4.57 Å². The summed E-state index contributed by atoms with van der Waals surface area (Å²) in [6.45, 7) is 4.06. The second-order valence-electron chi connectivity index (χ2n) is 5.91. The third kappa shape index (κ3) is 3.19. The van der Waals surface area contributed by atoms with Crippen molar-refractivity contribution in [3.8, 4) is 0 Å². The zero-order valence-corrected chi connectivity index (χ0v) is 12.6. The highest BCUT2D eigenvalue weighted by Crippen LogP contribution is 2.12. The second kappa shape index (κ2) is 6.45. The first-order valence-corrected chi connectivity index (χ1v) is 7.84. The van der Waals surface area contributed by atoms with E-state index in [0.29, 0.717) is 6.04 Å². The zero-order chi connectivity index (χ0) is 14.7. The van der Waals surface area contributed by atoms with Crippen LogP contribution in [0.3, 0.4) is 0 Å². The predicted molar refractivity (Wildman–Crippen MR) is 85.7 cm³/mol. The van der Waals surface area contributed by atoms with Gasteiger partial charge < -0.3 is 15.2 Å². The summed E-state index contributed by atoms with van der Waals surface area (Å²) in [5.41, 5.74) is 1.93. The minimum Gasteiger partial charge on any atom is -0.317 e. The maximum absolute atomic E-state index is 12.0. The molecule has 1 fully saturated rings. The zero-order valence-electron chi connectivity index (χ0n) is 12.6. The van der Waals surface area contributed by atoms with E-state index in [1.165, 1.54) is 12.8 Å². The molecule has 1 aliphatic rings. The number of H-pyrrole nitrogens is 1. The van der Waals surface area contributed by atoms with Crippen LogP contribution in [0.5, 0.6) is 0 Å². The molecule has 0 radical (unpaired) electrons. The van der Waals surface area contributed by atoms with Gasteiger partial charge in [0.1, 0.15) is 0 Å². The number of nitrogens with one attached hydrogen (secondary N) is 2. The number of aromatic amines is 1. The van der Waals surface area contributed by atoms with Crippen LogP contribution in [-0.2, 0) is 6.54 Å². The van der Waals surface area contributed by atoms with Gasteiger partial charge in [0.15, 0.2) is 0 Å². The van der Waals surface area contributed by atoms with Crippen LogP contribution < -0.4 is 11.0 Å². The van der Waals surface area contributed by atoms with Gasteiger partial charge in [0.25, 0.3) is 0 Å². The molecular weight excluding hydrogens is 264 g/mol. The van der Waals surface area contributed by atoms with Crippen LogP contribution in [0.4, 0.5) is 0 Å². The summed E-state index contributed by atoms with van der Waals surface area (Å²) < 4.78 is 1.85. The Labute approximate surface area is 125 Å². The Morgan fingerprint density at radius 3 is 2.86 bits per heavy atom. The molecule has 0 amide bonds. The highest BCUT2D eigenvalue weighted by molar-refractivity contribution is 5.74. The van der Waals surface area contributed by atoms with Gasteiger partial charge in [-0.15, -0.1) is 0 Å². The van der Waals surface area contributed by atoms with Crippen molar-refractivity contribution in [2.24, 2.45) is 0 Å². The molecule has 2 N–H and O–H groups in total. The van der Waals surface area contributed by atoms with Crippen LogP contribution in [0.1, 0.15) is 19.3 Å². The van der Waals surface area contributed by atoms with Crippen LogP contribution >= 0.6 is 0 Å². The van der Waals surface area contributed by atoms with E-state index in [4.69, 9.17) is 0 Å². The van der Waals surface area contributed by atoms with E-state index in [0.717, 1.165) is 43.6 Å². The Hall–Kier alpha value is -1.59. The molecule has 3 rings (SSSR count). The van der Waals surface area contributed by atoms with Crippen molar-refractivity contribution >= 4 is 11.0 Å². The van der Waals surface area contributed by atoms with E-state index < -0.39 is 0 Å². The maximum Gasteiger partial charge on any atom is 0.326 e. The first-order chi connectivity index (χ1) is 10.3. The summed E-state index contributed by atoms with van der Waals surface area (Å²) in [7, 11) is 2.20. The molecule has 1 aliphatic heterocycles. The third-order valence-electron chi connectivity index (χ3n) is 4.51. The number of imidazole rings is 1. The summed E-state index contributed by atoms with van der Waals surface area (Å²) in [6, 6.07) is 8.57. The van der Waals surface area contributed by atoms with Crippen molar-refractivity contribution in [2.45, 2.75) is 31.8 Å². The summed E-state index contributed by atoms with van der Waals surface area (Å²) in [5, 5.41) is 3.40. The number of para-hydroxylation sites is 2. The smallest absolute Gasteiger partial charge is 0.317 e. The SMILES string of the molecule is CN(CCCn1c(=O)[nH]c2ccccc21)C1CCNCC1. The molecule has 0 saturated carbocycles. The first-order valence-electron chi connectivity index (χ1n) is 7.84. The Morgan fingerprint density at radius 1 is 1.29 bits per heavy atom. The van der Waals surface area contributed by atoms with Gasteiger partial charge in [0.05, 0.1) is 11.0 Å². The molecular formula is C16H24N4O. The maximum atomic E-state index is 12.0. The van der Waals surface area contributed by atoms with Gasteiger partial charge >= 0.3 is 5.69 Å². The number of piperidine rings is 1. The Kier molecular flexibility index (Phi) is 4.41. The summed E-state index contributed by atoms with van der Waals surface area (Å²) in [6.07, 6.45) is 3.45. The minimum atomic E-state index is 0.000666. The van der Waals surface area contributed by atoms with Crippen molar-refractivity contribution in [1.82, 2.24) is 19.8 Å². The fourth-order valence-corrected chi connectivity index (χ4v) is 3.24. The van der Waals surface area contributed by atoms with Crippen LogP contribution in [0.25, 0.3) is 11.0 Å². The molecule has 5 nitrogen and oxygen atoms in total. The number of hydrogen-bond donors (Lipinski definition) is 2. The molecule has 1 saturated heterocycles. The molecule has 0 bridgehead atoms. The first kappa shape index (κ1) is 14.4. The fraction of sp³-hybridized carbons (Fsp3) is 0.562. The predicted octanol–water partition coefficient (Wildman–Crippen LogP) is 1.40. The molecule has 21 heavy (non-hydrogen) atoms. The van der Waals surface area contributed by atoms with E-state index in [-0.39, 0.29) is 5.69 Å². The fourth-order valence-electron chi connectivity index (χ4n) is 3.24. The van der Waals surface area contributed by atoms with Gasteiger partial charge in [0, 0.05) is 12.6 Å². The van der Waals surface area contributed by atoms with Crippen LogP contribution in [0.15, 0.2) is 29.1 Å². The van der Waals surface area contributed by atoms with E-state index in [2.05, 4.69) is 22.2 Å². The van der Waals surface area contributed by atoms with Crippen molar-refractivity contribution in [1.29, 1.82) is 0 Å². The number of benzene rings is 1. The van der Waals surface area contributed by atoms with Gasteiger partial charge in [-0.2, -0.15) is 0 Å². The molecule has 1 aromatic heterocycles. The summed E-state index contributed by atoms with van der Waals surface area (Å²) >= 11 is 0. The average Bonchev–Trinajstić information content (AvgIpc) is 2.84. The Balaban J connectivity index is 1.59. The van der Waals surface area contributed by atoms with Gasteiger partial charge in [-0.05, 0) is 58.1 Å². The standard InChI is InChI=1S/C16H24N4O/c1-19(13-7-9-17-10-8-13)11-4-12-20-15-6-3-2-5-14(15)18-16(20)21/h2-3,5-6,13,17H,4,7-12H2,1H3,(H,18,21). The van der Waals surface area contributed by atoms with Crippen LogP contribution in [-0.4, -0.2) is 47.2 Å². The van der Waals surface area contributed by atoms with Gasteiger partial charge in [-0.1, -0.05) is 12.1 Å². The molecule has 0 unspecified atom stereocenters. The molecule has 1 aromatic carbocycles. The van der Waals surface area contributed by atoms with E-state index in [1.54, 1.807) is 0 Å². The minimum absolute atomic E-state index is 0.000666. The van der Waals surface area contributed by atoms with Crippen molar-refractivity contribution < 1.29 is 0 Å². The highest BCUT2D eigenvalue weighted by Gasteiger charge is 2.17. The lowest BCUT2D eigenvalue weighted by molar-refractivity contribution is 0.194. The molecule has 2 aromatic rings. The number of aromatic nitrogens is 2. The normalized spacial score (nSPS) is 16.9. The highest BCUT2D eigenvalue weighted by atomic mass is 16.1. The number of fused-ring (bicyclic) bond motifs is 1. The lowest BCUT2D eigenvalue weighted by Gasteiger charge is -2.31. The topological polar surface area (TPSA) is 53.1 Å². The van der Waals surface area contributed by atoms with Crippen molar-refractivity contribution in [2.75, 3.05) is 26.7 Å². The lowest BCUT2D eigenvalue weighted by Crippen LogP contribution is -2.41.